The van der Waals surface area contributed by atoms with Crippen molar-refractivity contribution in [2.24, 2.45) is 4.99 Å². The summed E-state index contributed by atoms with van der Waals surface area (Å²) in [5.74, 6) is 1.33. The predicted molar refractivity (Wildman–Crippen MR) is 103 cm³/mol. The van der Waals surface area contributed by atoms with E-state index in [0.717, 1.165) is 18.7 Å². The van der Waals surface area contributed by atoms with E-state index in [1.807, 2.05) is 37.3 Å². The third-order valence-corrected chi connectivity index (χ3v) is 2.78. The number of aliphatic imine (C=N–C) groups is 1. The van der Waals surface area contributed by atoms with E-state index in [-0.39, 0.29) is 29.9 Å². The van der Waals surface area contributed by atoms with E-state index in [4.69, 9.17) is 4.74 Å². The lowest BCUT2D eigenvalue weighted by Gasteiger charge is -2.10. The summed E-state index contributed by atoms with van der Waals surface area (Å²) in [6.07, 6.45) is 1.14. The van der Waals surface area contributed by atoms with Crippen LogP contribution in [0.4, 0.5) is 0 Å². The molecular formula is C16H26IN3O3. The van der Waals surface area contributed by atoms with Crippen molar-refractivity contribution in [3.63, 3.8) is 0 Å². The lowest BCUT2D eigenvalue weighted by Crippen LogP contribution is -2.38. The van der Waals surface area contributed by atoms with Gasteiger partial charge in [0.2, 0.25) is 0 Å². The van der Waals surface area contributed by atoms with Gasteiger partial charge in [0.15, 0.2) is 5.96 Å². The zero-order valence-electron chi connectivity index (χ0n) is 13.7. The number of rotatable bonds is 9. The van der Waals surface area contributed by atoms with Crippen LogP contribution in [0.1, 0.15) is 19.8 Å². The number of guanidine groups is 1. The number of hydrogen-bond donors (Lipinski definition) is 2. The summed E-state index contributed by atoms with van der Waals surface area (Å²) in [5, 5.41) is 6.22. The van der Waals surface area contributed by atoms with E-state index >= 15 is 0 Å². The molecule has 0 aliphatic carbocycles. The fraction of sp³-hybridized carbons (Fsp3) is 0.500. The fourth-order valence-corrected chi connectivity index (χ4v) is 1.69. The Morgan fingerprint density at radius 3 is 2.61 bits per heavy atom. The van der Waals surface area contributed by atoms with Crippen LogP contribution in [0.25, 0.3) is 0 Å². The second-order valence-corrected chi connectivity index (χ2v) is 4.53. The normalized spacial score (nSPS) is 10.4. The Kier molecular flexibility index (Phi) is 13.2. The smallest absolute Gasteiger partial charge is 0.307 e. The van der Waals surface area contributed by atoms with Crippen molar-refractivity contribution >= 4 is 35.9 Å². The van der Waals surface area contributed by atoms with E-state index in [1.165, 1.54) is 7.11 Å². The van der Waals surface area contributed by atoms with Crippen molar-refractivity contribution in [2.45, 2.75) is 19.8 Å². The van der Waals surface area contributed by atoms with Crippen molar-refractivity contribution in [1.29, 1.82) is 0 Å². The summed E-state index contributed by atoms with van der Waals surface area (Å²) in [4.78, 5) is 15.5. The number of para-hydroxylation sites is 1. The van der Waals surface area contributed by atoms with E-state index in [0.29, 0.717) is 32.1 Å². The van der Waals surface area contributed by atoms with Crippen LogP contribution >= 0.6 is 24.0 Å². The molecule has 0 atom stereocenters. The molecule has 7 heteroatoms. The maximum Gasteiger partial charge on any atom is 0.307 e. The molecule has 130 valence electrons. The summed E-state index contributed by atoms with van der Waals surface area (Å²) in [5.41, 5.74) is 0. The average molecular weight is 435 g/mol. The quantitative estimate of drug-likeness (QED) is 0.205. The number of methoxy groups -OCH3 is 1. The fourth-order valence-electron chi connectivity index (χ4n) is 1.69. The Hall–Kier alpha value is -1.51. The van der Waals surface area contributed by atoms with Crippen LogP contribution in [0, 0.1) is 0 Å². The topological polar surface area (TPSA) is 72.0 Å². The maximum atomic E-state index is 11.0. The van der Waals surface area contributed by atoms with Gasteiger partial charge < -0.3 is 20.1 Å². The molecule has 0 fully saturated rings. The van der Waals surface area contributed by atoms with Crippen LogP contribution < -0.4 is 15.4 Å². The zero-order valence-corrected chi connectivity index (χ0v) is 16.0. The van der Waals surface area contributed by atoms with Gasteiger partial charge in [-0.2, -0.15) is 0 Å². The van der Waals surface area contributed by atoms with Crippen molar-refractivity contribution in [3.05, 3.63) is 30.3 Å². The van der Waals surface area contributed by atoms with Gasteiger partial charge in [-0.25, -0.2) is 0 Å². The van der Waals surface area contributed by atoms with Crippen LogP contribution in [0.2, 0.25) is 0 Å². The molecule has 1 aromatic carbocycles. The Morgan fingerprint density at radius 1 is 1.22 bits per heavy atom. The van der Waals surface area contributed by atoms with Gasteiger partial charge in [-0.05, 0) is 19.1 Å². The summed E-state index contributed by atoms with van der Waals surface area (Å²) >= 11 is 0. The number of carbonyl (C=O) groups is 1. The Labute approximate surface area is 155 Å². The van der Waals surface area contributed by atoms with Crippen molar-refractivity contribution in [3.8, 4) is 5.75 Å². The number of ether oxygens (including phenoxy) is 2. The predicted octanol–water partition coefficient (Wildman–Crippen LogP) is 2.19. The minimum Gasteiger partial charge on any atom is -0.494 e. The molecule has 0 unspecified atom stereocenters. The number of esters is 1. The van der Waals surface area contributed by atoms with Gasteiger partial charge >= 0.3 is 5.97 Å². The van der Waals surface area contributed by atoms with Gasteiger partial charge in [0.1, 0.15) is 5.75 Å². The second-order valence-electron chi connectivity index (χ2n) is 4.53. The highest BCUT2D eigenvalue weighted by Gasteiger charge is 2.01. The first-order chi connectivity index (χ1) is 10.8. The molecule has 1 rings (SSSR count). The number of halogens is 1. The van der Waals surface area contributed by atoms with E-state index in [1.54, 1.807) is 0 Å². The van der Waals surface area contributed by atoms with Gasteiger partial charge in [-0.3, -0.25) is 9.79 Å². The molecule has 0 aliphatic rings. The molecule has 6 nitrogen and oxygen atoms in total. The largest absolute Gasteiger partial charge is 0.494 e. The van der Waals surface area contributed by atoms with Crippen LogP contribution in [-0.2, 0) is 9.53 Å². The molecule has 0 aliphatic heterocycles. The molecule has 2 N–H and O–H groups in total. The molecule has 0 saturated carbocycles. The van der Waals surface area contributed by atoms with E-state index in [2.05, 4.69) is 20.4 Å². The maximum absolute atomic E-state index is 11.0. The van der Waals surface area contributed by atoms with Crippen LogP contribution in [0.15, 0.2) is 35.3 Å². The second kappa shape index (κ2) is 14.1. The molecule has 0 heterocycles. The first-order valence-corrected chi connectivity index (χ1v) is 7.53. The third kappa shape index (κ3) is 10.8. The first-order valence-electron chi connectivity index (χ1n) is 7.53. The number of benzene rings is 1. The average Bonchev–Trinajstić information content (AvgIpc) is 2.55. The van der Waals surface area contributed by atoms with Gasteiger partial charge in [-0.1, -0.05) is 18.2 Å². The summed E-state index contributed by atoms with van der Waals surface area (Å²) in [7, 11) is 1.38. The van der Waals surface area contributed by atoms with Crippen molar-refractivity contribution < 1.29 is 14.3 Å². The van der Waals surface area contributed by atoms with Gasteiger partial charge in [0.25, 0.3) is 0 Å². The molecule has 23 heavy (non-hydrogen) atoms. The molecular weight excluding hydrogens is 409 g/mol. The minimum atomic E-state index is -0.236. The number of hydrogen-bond acceptors (Lipinski definition) is 4. The zero-order chi connectivity index (χ0) is 16.0. The SMILES string of the molecule is CCNC(=NCCCOc1ccccc1)NCCC(=O)OC.I. The lowest BCUT2D eigenvalue weighted by atomic mass is 10.3. The van der Waals surface area contributed by atoms with Crippen LogP contribution in [-0.4, -0.2) is 45.3 Å². The van der Waals surface area contributed by atoms with Crippen LogP contribution in [0.5, 0.6) is 5.75 Å². The molecule has 0 bridgehead atoms. The Bertz CT molecular complexity index is 455. The molecule has 0 amide bonds. The monoisotopic (exact) mass is 435 g/mol. The molecule has 0 aromatic heterocycles. The number of nitrogens with zero attached hydrogens (tertiary/aromatic N) is 1. The molecule has 0 spiro atoms. The Morgan fingerprint density at radius 2 is 1.96 bits per heavy atom. The van der Waals surface area contributed by atoms with Crippen LogP contribution in [0.3, 0.4) is 0 Å². The highest BCUT2D eigenvalue weighted by molar-refractivity contribution is 14.0. The van der Waals surface area contributed by atoms with Crippen molar-refractivity contribution in [1.82, 2.24) is 10.6 Å². The van der Waals surface area contributed by atoms with E-state index in [9.17, 15) is 4.79 Å². The Balaban J connectivity index is 0.00000484. The number of carbonyl (C=O) groups excluding carboxylic acids is 1. The van der Waals surface area contributed by atoms with Gasteiger partial charge in [-0.15, -0.1) is 24.0 Å². The van der Waals surface area contributed by atoms with E-state index < -0.39 is 0 Å². The highest BCUT2D eigenvalue weighted by atomic mass is 127. The van der Waals surface area contributed by atoms with Crippen molar-refractivity contribution in [2.75, 3.05) is 33.4 Å². The minimum absolute atomic E-state index is 0. The third-order valence-electron chi connectivity index (χ3n) is 2.78. The lowest BCUT2D eigenvalue weighted by molar-refractivity contribution is -0.140. The van der Waals surface area contributed by atoms with Gasteiger partial charge in [0.05, 0.1) is 20.1 Å². The standard InChI is InChI=1S/C16H25N3O3.HI/c1-3-17-16(19-12-10-15(20)21-2)18-11-7-13-22-14-8-5-4-6-9-14;/h4-6,8-9H,3,7,10-13H2,1-2H3,(H2,17,18,19);1H. The van der Waals surface area contributed by atoms with Gasteiger partial charge in [0, 0.05) is 26.1 Å². The molecule has 0 radical (unpaired) electrons. The molecule has 0 saturated heterocycles. The highest BCUT2D eigenvalue weighted by Crippen LogP contribution is 2.08. The first kappa shape index (κ1) is 21.5. The summed E-state index contributed by atoms with van der Waals surface area (Å²) in [6, 6.07) is 9.72. The number of nitrogens with one attached hydrogen (secondary N) is 2. The summed E-state index contributed by atoms with van der Waals surface area (Å²) in [6.45, 7) is 4.54. The molecule has 1 aromatic rings. The summed E-state index contributed by atoms with van der Waals surface area (Å²) < 4.78 is 10.2.